The Balaban J connectivity index is 1.86. The van der Waals surface area contributed by atoms with Gasteiger partial charge in [-0.25, -0.2) is 0 Å². The van der Waals surface area contributed by atoms with E-state index in [1.54, 1.807) is 6.92 Å². The van der Waals surface area contributed by atoms with Crippen molar-refractivity contribution >= 4 is 5.91 Å². The quantitative estimate of drug-likeness (QED) is 0.745. The lowest BCUT2D eigenvalue weighted by Crippen LogP contribution is -2.51. The smallest absolute Gasteiger partial charge is 0.217 e. The highest BCUT2D eigenvalue weighted by molar-refractivity contribution is 5.73. The van der Waals surface area contributed by atoms with Crippen molar-refractivity contribution < 1.29 is 9.90 Å². The van der Waals surface area contributed by atoms with Crippen LogP contribution in [-0.2, 0) is 4.79 Å². The molecule has 0 bridgehead atoms. The second-order valence-electron chi connectivity index (χ2n) is 5.55. The zero-order chi connectivity index (χ0) is 12.3. The highest BCUT2D eigenvalue weighted by Crippen LogP contribution is 2.32. The van der Waals surface area contributed by atoms with Gasteiger partial charge in [-0.05, 0) is 38.0 Å². The monoisotopic (exact) mass is 240 g/mol. The first-order valence-electron chi connectivity index (χ1n) is 6.81. The number of aliphatic hydroxyl groups is 1. The molecule has 0 aromatic rings. The maximum absolute atomic E-state index is 11.2. The number of nitrogens with zero attached hydrogens (tertiary/aromatic N) is 1. The Labute approximate surface area is 103 Å². The van der Waals surface area contributed by atoms with E-state index in [0.29, 0.717) is 12.0 Å². The molecule has 0 aromatic heterocycles. The zero-order valence-electron chi connectivity index (χ0n) is 10.7. The lowest BCUT2D eigenvalue weighted by molar-refractivity contribution is -0.120. The first kappa shape index (κ1) is 12.8. The van der Waals surface area contributed by atoms with E-state index in [-0.39, 0.29) is 12.5 Å². The maximum atomic E-state index is 11.2. The molecule has 1 heterocycles. The first-order valence-corrected chi connectivity index (χ1v) is 6.81. The molecule has 1 aliphatic heterocycles. The Morgan fingerprint density at radius 2 is 2.18 bits per heavy atom. The van der Waals surface area contributed by atoms with Crippen molar-refractivity contribution in [2.24, 2.45) is 5.92 Å². The lowest BCUT2D eigenvalue weighted by Gasteiger charge is -2.38. The van der Waals surface area contributed by atoms with Gasteiger partial charge in [0.25, 0.3) is 0 Å². The van der Waals surface area contributed by atoms with Crippen LogP contribution in [-0.4, -0.2) is 47.7 Å². The van der Waals surface area contributed by atoms with Gasteiger partial charge in [-0.3, -0.25) is 9.69 Å². The predicted octanol–water partition coefficient (Wildman–Crippen LogP) is 0.748. The van der Waals surface area contributed by atoms with Gasteiger partial charge in [-0.1, -0.05) is 0 Å². The molecular weight excluding hydrogens is 216 g/mol. The van der Waals surface area contributed by atoms with Crippen LogP contribution in [0.1, 0.15) is 39.0 Å². The third-order valence-corrected chi connectivity index (χ3v) is 3.81. The van der Waals surface area contributed by atoms with Crippen molar-refractivity contribution in [3.63, 3.8) is 0 Å². The molecule has 2 unspecified atom stereocenters. The fourth-order valence-electron chi connectivity index (χ4n) is 2.96. The molecule has 4 heteroatoms. The number of carbonyl (C=O) groups excluding carboxylic acids is 1. The molecule has 0 spiro atoms. The van der Waals surface area contributed by atoms with Crippen LogP contribution in [0.3, 0.4) is 0 Å². The molecule has 2 aliphatic rings. The van der Waals surface area contributed by atoms with E-state index >= 15 is 0 Å². The summed E-state index contributed by atoms with van der Waals surface area (Å²) in [7, 11) is 0. The molecule has 2 rings (SSSR count). The molecule has 17 heavy (non-hydrogen) atoms. The van der Waals surface area contributed by atoms with Gasteiger partial charge in [0.2, 0.25) is 5.91 Å². The minimum Gasteiger partial charge on any atom is -0.396 e. The van der Waals surface area contributed by atoms with E-state index in [0.717, 1.165) is 38.4 Å². The molecular formula is C13H24N2O2. The Morgan fingerprint density at radius 3 is 2.76 bits per heavy atom. The van der Waals surface area contributed by atoms with Crippen molar-refractivity contribution in [2.45, 2.75) is 51.1 Å². The van der Waals surface area contributed by atoms with Gasteiger partial charge < -0.3 is 10.4 Å². The molecule has 0 radical (unpaired) electrons. The van der Waals surface area contributed by atoms with Crippen LogP contribution in [0.2, 0.25) is 0 Å². The summed E-state index contributed by atoms with van der Waals surface area (Å²) in [6.07, 6.45) is 5.67. The van der Waals surface area contributed by atoms with E-state index in [1.165, 1.54) is 12.8 Å². The minimum atomic E-state index is 0.0774. The molecule has 2 N–H and O–H groups in total. The van der Waals surface area contributed by atoms with Crippen LogP contribution in [0.25, 0.3) is 0 Å². The second-order valence-corrected chi connectivity index (χ2v) is 5.55. The van der Waals surface area contributed by atoms with Crippen molar-refractivity contribution in [1.29, 1.82) is 0 Å². The second kappa shape index (κ2) is 5.83. The SMILES string of the molecule is CC(=O)NC1CC(CCCO)CN(C2CC2)C1. The van der Waals surface area contributed by atoms with Crippen molar-refractivity contribution in [1.82, 2.24) is 10.2 Å². The van der Waals surface area contributed by atoms with Crippen LogP contribution >= 0.6 is 0 Å². The first-order chi connectivity index (χ1) is 8.19. The van der Waals surface area contributed by atoms with Crippen molar-refractivity contribution in [3.8, 4) is 0 Å². The van der Waals surface area contributed by atoms with E-state index in [1.807, 2.05) is 0 Å². The van der Waals surface area contributed by atoms with Gasteiger partial charge in [-0.2, -0.15) is 0 Å². The summed E-state index contributed by atoms with van der Waals surface area (Å²) in [5, 5.41) is 12.0. The largest absolute Gasteiger partial charge is 0.396 e. The summed E-state index contributed by atoms with van der Waals surface area (Å²) in [5.41, 5.74) is 0. The van der Waals surface area contributed by atoms with Gasteiger partial charge in [0.15, 0.2) is 0 Å². The Morgan fingerprint density at radius 1 is 1.41 bits per heavy atom. The number of nitrogens with one attached hydrogen (secondary N) is 1. The molecule has 0 aromatic carbocycles. The number of hydrogen-bond donors (Lipinski definition) is 2. The standard InChI is InChI=1S/C13H24N2O2/c1-10(17)14-12-7-11(3-2-6-16)8-15(9-12)13-4-5-13/h11-13,16H,2-9H2,1H3,(H,14,17). The van der Waals surface area contributed by atoms with Gasteiger partial charge in [-0.15, -0.1) is 0 Å². The van der Waals surface area contributed by atoms with Gasteiger partial charge in [0.05, 0.1) is 0 Å². The van der Waals surface area contributed by atoms with Gasteiger partial charge >= 0.3 is 0 Å². The summed E-state index contributed by atoms with van der Waals surface area (Å²) in [6.45, 7) is 4.05. The lowest BCUT2D eigenvalue weighted by atomic mass is 9.90. The molecule has 2 fully saturated rings. The van der Waals surface area contributed by atoms with Crippen LogP contribution in [0.4, 0.5) is 0 Å². The minimum absolute atomic E-state index is 0.0774. The van der Waals surface area contributed by atoms with Gasteiger partial charge in [0.1, 0.15) is 0 Å². The van der Waals surface area contributed by atoms with Crippen LogP contribution in [0.15, 0.2) is 0 Å². The Kier molecular flexibility index (Phi) is 4.40. The number of likely N-dealkylation sites (tertiary alicyclic amines) is 1. The summed E-state index contributed by atoms with van der Waals surface area (Å²) >= 11 is 0. The molecule has 4 nitrogen and oxygen atoms in total. The number of rotatable bonds is 5. The number of carbonyl (C=O) groups is 1. The molecule has 1 aliphatic carbocycles. The fraction of sp³-hybridized carbons (Fsp3) is 0.923. The summed E-state index contributed by atoms with van der Waals surface area (Å²) in [6, 6.07) is 1.08. The number of aliphatic hydroxyl groups excluding tert-OH is 1. The number of amides is 1. The van der Waals surface area contributed by atoms with Crippen molar-refractivity contribution in [3.05, 3.63) is 0 Å². The summed E-state index contributed by atoms with van der Waals surface area (Å²) in [4.78, 5) is 13.7. The molecule has 98 valence electrons. The number of hydrogen-bond acceptors (Lipinski definition) is 3. The van der Waals surface area contributed by atoms with Crippen molar-refractivity contribution in [2.75, 3.05) is 19.7 Å². The molecule has 2 atom stereocenters. The van der Waals surface area contributed by atoms with E-state index in [9.17, 15) is 4.79 Å². The average molecular weight is 240 g/mol. The average Bonchev–Trinajstić information content (AvgIpc) is 3.08. The Hall–Kier alpha value is -0.610. The highest BCUT2D eigenvalue weighted by Gasteiger charge is 2.35. The van der Waals surface area contributed by atoms with Crippen LogP contribution < -0.4 is 5.32 Å². The summed E-state index contributed by atoms with van der Waals surface area (Å²) in [5.74, 6) is 0.710. The molecule has 1 saturated heterocycles. The third-order valence-electron chi connectivity index (χ3n) is 3.81. The van der Waals surface area contributed by atoms with Crippen LogP contribution in [0, 0.1) is 5.92 Å². The normalized spacial score (nSPS) is 30.2. The Bertz CT molecular complexity index is 266. The van der Waals surface area contributed by atoms with E-state index < -0.39 is 0 Å². The fourth-order valence-corrected chi connectivity index (χ4v) is 2.96. The zero-order valence-corrected chi connectivity index (χ0v) is 10.7. The predicted molar refractivity (Wildman–Crippen MR) is 66.6 cm³/mol. The highest BCUT2D eigenvalue weighted by atomic mass is 16.2. The molecule has 1 amide bonds. The van der Waals surface area contributed by atoms with E-state index in [2.05, 4.69) is 10.2 Å². The topological polar surface area (TPSA) is 52.6 Å². The summed E-state index contributed by atoms with van der Waals surface area (Å²) < 4.78 is 0. The van der Waals surface area contributed by atoms with Crippen LogP contribution in [0.5, 0.6) is 0 Å². The number of piperidine rings is 1. The van der Waals surface area contributed by atoms with E-state index in [4.69, 9.17) is 5.11 Å². The molecule has 1 saturated carbocycles. The van der Waals surface area contributed by atoms with Gasteiger partial charge in [0, 0.05) is 38.7 Å². The maximum Gasteiger partial charge on any atom is 0.217 e. The third kappa shape index (κ3) is 3.96.